The maximum absolute atomic E-state index is 13.6. The van der Waals surface area contributed by atoms with Gasteiger partial charge in [0.2, 0.25) is 0 Å². The summed E-state index contributed by atoms with van der Waals surface area (Å²) in [6.45, 7) is 1.77. The summed E-state index contributed by atoms with van der Waals surface area (Å²) < 4.78 is 15.4. The zero-order valence-corrected chi connectivity index (χ0v) is 13.5. The third-order valence-electron chi connectivity index (χ3n) is 4.30. The van der Waals surface area contributed by atoms with Crippen LogP contribution in [0, 0.1) is 12.7 Å². The molecule has 0 aliphatic heterocycles. The number of hydrogen-bond donors (Lipinski definition) is 0. The van der Waals surface area contributed by atoms with E-state index in [0.29, 0.717) is 5.56 Å². The fraction of sp³-hybridized carbons (Fsp3) is 0.100. The Morgan fingerprint density at radius 1 is 1.00 bits per heavy atom. The number of benzene rings is 2. The number of aromatic nitrogens is 3. The molecule has 0 amide bonds. The maximum Gasteiger partial charge on any atom is 0.126 e. The molecule has 0 unspecified atom stereocenters. The van der Waals surface area contributed by atoms with Crippen molar-refractivity contribution in [2.45, 2.75) is 6.92 Å². The van der Waals surface area contributed by atoms with E-state index in [1.165, 1.54) is 6.07 Å². The molecular formula is C20H16FN3. The van der Waals surface area contributed by atoms with E-state index in [2.05, 4.69) is 28.3 Å². The summed E-state index contributed by atoms with van der Waals surface area (Å²) in [5, 5.41) is 5.38. The molecule has 0 aliphatic rings. The summed E-state index contributed by atoms with van der Waals surface area (Å²) in [6, 6.07) is 15.3. The van der Waals surface area contributed by atoms with Crippen LogP contribution in [0.5, 0.6) is 0 Å². The third kappa shape index (κ3) is 2.36. The van der Waals surface area contributed by atoms with Gasteiger partial charge in [-0.25, -0.2) is 4.39 Å². The second kappa shape index (κ2) is 5.57. The number of pyridine rings is 1. The zero-order chi connectivity index (χ0) is 16.7. The van der Waals surface area contributed by atoms with E-state index in [9.17, 15) is 4.39 Å². The predicted molar refractivity (Wildman–Crippen MR) is 94.1 cm³/mol. The highest BCUT2D eigenvalue weighted by Gasteiger charge is 2.11. The van der Waals surface area contributed by atoms with Crippen molar-refractivity contribution in [1.82, 2.24) is 14.8 Å². The maximum atomic E-state index is 13.6. The molecule has 0 saturated carbocycles. The smallest absolute Gasteiger partial charge is 0.126 e. The fourth-order valence-electron chi connectivity index (χ4n) is 2.99. The normalized spacial score (nSPS) is 11.1. The minimum absolute atomic E-state index is 0.201. The highest BCUT2D eigenvalue weighted by molar-refractivity contribution is 5.88. The number of nitrogens with zero attached hydrogens (tertiary/aromatic N) is 3. The molecule has 0 atom stereocenters. The first kappa shape index (κ1) is 14.6. The summed E-state index contributed by atoms with van der Waals surface area (Å²) in [7, 11) is 1.93. The molecule has 0 fully saturated rings. The van der Waals surface area contributed by atoms with Crippen LogP contribution in [0.15, 0.2) is 60.9 Å². The molecule has 2 aromatic heterocycles. The van der Waals surface area contributed by atoms with Gasteiger partial charge < -0.3 is 0 Å². The highest BCUT2D eigenvalue weighted by Crippen LogP contribution is 2.32. The summed E-state index contributed by atoms with van der Waals surface area (Å²) >= 11 is 0. The number of rotatable bonds is 2. The van der Waals surface area contributed by atoms with Crippen LogP contribution in [0.1, 0.15) is 5.56 Å². The van der Waals surface area contributed by atoms with E-state index >= 15 is 0 Å². The highest BCUT2D eigenvalue weighted by atomic mass is 19.1. The Hall–Kier alpha value is -3.01. The lowest BCUT2D eigenvalue weighted by atomic mass is 9.97. The van der Waals surface area contributed by atoms with Gasteiger partial charge in [0, 0.05) is 29.8 Å². The van der Waals surface area contributed by atoms with E-state index in [4.69, 9.17) is 0 Å². The first-order valence-corrected chi connectivity index (χ1v) is 7.77. The Kier molecular flexibility index (Phi) is 3.38. The van der Waals surface area contributed by atoms with Crippen LogP contribution in [0.25, 0.3) is 33.3 Å². The molecule has 0 aliphatic carbocycles. The summed E-state index contributed by atoms with van der Waals surface area (Å²) in [4.78, 5) is 4.54. The average Bonchev–Trinajstić information content (AvgIpc) is 2.98. The third-order valence-corrected chi connectivity index (χ3v) is 4.30. The lowest BCUT2D eigenvalue weighted by Gasteiger charge is -2.10. The molecule has 24 heavy (non-hydrogen) atoms. The van der Waals surface area contributed by atoms with Crippen LogP contribution in [0.2, 0.25) is 0 Å². The van der Waals surface area contributed by atoms with Gasteiger partial charge in [0.15, 0.2) is 0 Å². The van der Waals surface area contributed by atoms with Crippen LogP contribution in [-0.4, -0.2) is 14.8 Å². The van der Waals surface area contributed by atoms with Crippen molar-refractivity contribution in [3.8, 4) is 22.4 Å². The summed E-state index contributed by atoms with van der Waals surface area (Å²) in [6.07, 6.45) is 3.62. The number of hydrogen-bond acceptors (Lipinski definition) is 2. The second-order valence-corrected chi connectivity index (χ2v) is 5.91. The lowest BCUT2D eigenvalue weighted by Crippen LogP contribution is -1.91. The number of fused-ring (bicyclic) bond motifs is 1. The van der Waals surface area contributed by atoms with E-state index in [1.54, 1.807) is 19.2 Å². The van der Waals surface area contributed by atoms with Crippen LogP contribution >= 0.6 is 0 Å². The minimum atomic E-state index is -0.201. The van der Waals surface area contributed by atoms with Crippen molar-refractivity contribution in [3.63, 3.8) is 0 Å². The molecule has 3 nitrogen and oxygen atoms in total. The van der Waals surface area contributed by atoms with Gasteiger partial charge in [0.25, 0.3) is 0 Å². The monoisotopic (exact) mass is 317 g/mol. The Morgan fingerprint density at radius 3 is 2.67 bits per heavy atom. The molecule has 4 rings (SSSR count). The molecule has 0 N–H and O–H groups in total. The van der Waals surface area contributed by atoms with Crippen molar-refractivity contribution in [1.29, 1.82) is 0 Å². The van der Waals surface area contributed by atoms with Crippen molar-refractivity contribution in [2.24, 2.45) is 7.05 Å². The molecule has 2 aromatic carbocycles. The van der Waals surface area contributed by atoms with E-state index in [-0.39, 0.29) is 5.82 Å². The standard InChI is InChI=1S/C20H16FN3/c1-13-10-15(5-7-18(13)21)20-17(4-3-9-22-20)14-6-8-19-16(11-14)12-23-24(19)2/h3-12H,1-2H3. The zero-order valence-electron chi connectivity index (χ0n) is 13.5. The second-order valence-electron chi connectivity index (χ2n) is 5.91. The van der Waals surface area contributed by atoms with Crippen LogP contribution < -0.4 is 0 Å². The number of aryl methyl sites for hydroxylation is 2. The van der Waals surface area contributed by atoms with Crippen molar-refractivity contribution >= 4 is 10.9 Å². The topological polar surface area (TPSA) is 30.7 Å². The fourth-order valence-corrected chi connectivity index (χ4v) is 2.99. The Balaban J connectivity index is 1.90. The SMILES string of the molecule is Cc1cc(-c2ncccc2-c2ccc3c(cnn3C)c2)ccc1F. The largest absolute Gasteiger partial charge is 0.268 e. The van der Waals surface area contributed by atoms with Gasteiger partial charge in [0.05, 0.1) is 17.4 Å². The molecule has 0 bridgehead atoms. The predicted octanol–water partition coefficient (Wildman–Crippen LogP) is 4.75. The Labute approximate surface area is 139 Å². The average molecular weight is 317 g/mol. The molecule has 0 spiro atoms. The van der Waals surface area contributed by atoms with Crippen LogP contribution in [-0.2, 0) is 7.05 Å². The number of halogens is 1. The van der Waals surface area contributed by atoms with Gasteiger partial charge >= 0.3 is 0 Å². The molecule has 0 radical (unpaired) electrons. The van der Waals surface area contributed by atoms with E-state index < -0.39 is 0 Å². The van der Waals surface area contributed by atoms with Crippen LogP contribution in [0.4, 0.5) is 4.39 Å². The van der Waals surface area contributed by atoms with Gasteiger partial charge in [-0.2, -0.15) is 5.10 Å². The van der Waals surface area contributed by atoms with E-state index in [0.717, 1.165) is 33.3 Å². The van der Waals surface area contributed by atoms with Crippen molar-refractivity contribution in [2.75, 3.05) is 0 Å². The molecule has 118 valence electrons. The first-order valence-electron chi connectivity index (χ1n) is 7.77. The van der Waals surface area contributed by atoms with Crippen LogP contribution in [0.3, 0.4) is 0 Å². The van der Waals surface area contributed by atoms with Gasteiger partial charge in [-0.05, 0) is 54.4 Å². The molecule has 0 saturated heterocycles. The Morgan fingerprint density at radius 2 is 1.83 bits per heavy atom. The van der Waals surface area contributed by atoms with Gasteiger partial charge in [-0.3, -0.25) is 9.67 Å². The quantitative estimate of drug-likeness (QED) is 0.534. The molecule has 2 heterocycles. The Bertz CT molecular complexity index is 1050. The van der Waals surface area contributed by atoms with Gasteiger partial charge in [-0.1, -0.05) is 12.1 Å². The molecule has 4 aromatic rings. The molecular weight excluding hydrogens is 301 g/mol. The first-order chi connectivity index (χ1) is 11.6. The summed E-state index contributed by atoms with van der Waals surface area (Å²) in [5.41, 5.74) is 5.56. The minimum Gasteiger partial charge on any atom is -0.268 e. The molecule has 4 heteroatoms. The van der Waals surface area contributed by atoms with Gasteiger partial charge in [0.1, 0.15) is 5.82 Å². The van der Waals surface area contributed by atoms with Gasteiger partial charge in [-0.15, -0.1) is 0 Å². The summed E-state index contributed by atoms with van der Waals surface area (Å²) in [5.74, 6) is -0.201. The lowest BCUT2D eigenvalue weighted by molar-refractivity contribution is 0.619. The van der Waals surface area contributed by atoms with Crippen molar-refractivity contribution < 1.29 is 4.39 Å². The van der Waals surface area contributed by atoms with Crippen molar-refractivity contribution in [3.05, 3.63) is 72.3 Å². The van der Waals surface area contributed by atoms with E-state index in [1.807, 2.05) is 36.1 Å².